The highest BCUT2D eigenvalue weighted by atomic mass is 31.2. The number of aliphatic hydroxyl groups excluding tert-OH is 3. The number of carbonyl (C=O) groups excluding carboxylic acids is 2. The van der Waals surface area contributed by atoms with Gasteiger partial charge in [-0.25, -0.2) is 4.57 Å². The summed E-state index contributed by atoms with van der Waals surface area (Å²) in [5, 5.41) is 32.8. The average Bonchev–Trinajstić information content (AvgIpc) is 3.25. The Morgan fingerprint density at radius 1 is 0.613 bits per heavy atom. The van der Waals surface area contributed by atoms with Gasteiger partial charge in [-0.05, 0) is 90.5 Å². The van der Waals surface area contributed by atoms with Crippen molar-refractivity contribution in [1.29, 1.82) is 0 Å². The van der Waals surface area contributed by atoms with Gasteiger partial charge in [-0.15, -0.1) is 0 Å². The molecule has 0 bridgehead atoms. The van der Waals surface area contributed by atoms with Crippen LogP contribution in [0.3, 0.4) is 0 Å². The molecule has 1 aliphatic heterocycles. The minimum absolute atomic E-state index is 0.130. The molecule has 7 atom stereocenters. The lowest BCUT2D eigenvalue weighted by Gasteiger charge is -2.38. The predicted molar refractivity (Wildman–Crippen MR) is 243 cm³/mol. The van der Waals surface area contributed by atoms with Gasteiger partial charge in [-0.1, -0.05) is 115 Å². The highest BCUT2D eigenvalue weighted by Crippen LogP contribution is 2.43. The number of esters is 2. The first kappa shape index (κ1) is 58.3. The van der Waals surface area contributed by atoms with Crippen LogP contribution >= 0.6 is 7.82 Å². The summed E-state index contributed by atoms with van der Waals surface area (Å²) in [5.74, 6) is -0.902. The van der Waals surface area contributed by atoms with Crippen molar-refractivity contribution in [3.63, 3.8) is 0 Å². The van der Waals surface area contributed by atoms with Crippen LogP contribution in [-0.4, -0.2) is 108 Å². The fourth-order valence-electron chi connectivity index (χ4n) is 6.87. The first-order valence-electron chi connectivity index (χ1n) is 24.3. The molecule has 62 heavy (non-hydrogen) atoms. The molecule has 0 aromatic carbocycles. The summed E-state index contributed by atoms with van der Waals surface area (Å²) in [5.41, 5.74) is 0. The smallest absolute Gasteiger partial charge is 0.462 e. The van der Waals surface area contributed by atoms with Crippen molar-refractivity contribution in [2.24, 2.45) is 0 Å². The first-order valence-corrected chi connectivity index (χ1v) is 25.8. The molecule has 0 radical (unpaired) electrons. The van der Waals surface area contributed by atoms with Crippen LogP contribution in [0.15, 0.2) is 24.3 Å². The minimum Gasteiger partial charge on any atom is -0.462 e. The van der Waals surface area contributed by atoms with E-state index in [1.54, 1.807) is 6.92 Å². The Morgan fingerprint density at radius 2 is 1.13 bits per heavy atom. The topological polar surface area (TPSA) is 200 Å². The summed E-state index contributed by atoms with van der Waals surface area (Å²) >= 11 is 0. The van der Waals surface area contributed by atoms with Crippen molar-refractivity contribution in [2.45, 2.75) is 225 Å². The molecular formula is C47H88NO13P. The number of nitrogens with one attached hydrogen (secondary N) is 1. The van der Waals surface area contributed by atoms with Gasteiger partial charge in [-0.2, -0.15) is 0 Å². The van der Waals surface area contributed by atoms with Crippen molar-refractivity contribution >= 4 is 19.8 Å². The molecule has 0 saturated carbocycles. The van der Waals surface area contributed by atoms with Gasteiger partial charge in [0.25, 0.3) is 0 Å². The summed E-state index contributed by atoms with van der Waals surface area (Å²) in [7, 11) is -4.51. The monoisotopic (exact) mass is 906 g/mol. The van der Waals surface area contributed by atoms with Gasteiger partial charge in [0.15, 0.2) is 12.4 Å². The summed E-state index contributed by atoms with van der Waals surface area (Å²) in [6.07, 6.45) is 28.5. The maximum Gasteiger partial charge on any atom is 0.472 e. The second-order valence-corrected chi connectivity index (χ2v) is 18.1. The zero-order valence-corrected chi connectivity index (χ0v) is 39.7. The van der Waals surface area contributed by atoms with E-state index in [1.165, 1.54) is 51.4 Å². The summed E-state index contributed by atoms with van der Waals surface area (Å²) in [6.45, 7) is 6.19. The van der Waals surface area contributed by atoms with Crippen LogP contribution < -0.4 is 5.32 Å². The van der Waals surface area contributed by atoms with Crippen molar-refractivity contribution in [3.8, 4) is 0 Å². The number of rotatable bonds is 42. The van der Waals surface area contributed by atoms with Crippen LogP contribution in [-0.2, 0) is 42.1 Å². The number of carbonyl (C=O) groups is 2. The van der Waals surface area contributed by atoms with E-state index >= 15 is 0 Å². The summed E-state index contributed by atoms with van der Waals surface area (Å²) in [6, 6.07) is 0. The van der Waals surface area contributed by atoms with Crippen LogP contribution in [0.5, 0.6) is 0 Å². The highest BCUT2D eigenvalue weighted by Gasteiger charge is 2.42. The number of phosphoric ester groups is 1. The van der Waals surface area contributed by atoms with E-state index in [4.69, 9.17) is 28.0 Å². The summed E-state index contributed by atoms with van der Waals surface area (Å²) in [4.78, 5) is 35.6. The largest absolute Gasteiger partial charge is 0.472 e. The van der Waals surface area contributed by atoms with Crippen LogP contribution in [0.1, 0.15) is 188 Å². The molecule has 5 N–H and O–H groups in total. The third-order valence-corrected chi connectivity index (χ3v) is 11.8. The Kier molecular flexibility index (Phi) is 37.3. The molecule has 0 aliphatic carbocycles. The Morgan fingerprint density at radius 3 is 1.69 bits per heavy atom. The second kappa shape index (κ2) is 39.6. The molecule has 1 rings (SSSR count). The molecule has 0 amide bonds. The average molecular weight is 906 g/mol. The third-order valence-electron chi connectivity index (χ3n) is 10.8. The normalized spacial score (nSPS) is 20.8. The lowest BCUT2D eigenvalue weighted by molar-refractivity contribution is -0.293. The van der Waals surface area contributed by atoms with E-state index in [2.05, 4.69) is 43.5 Å². The first-order chi connectivity index (χ1) is 30.0. The number of ether oxygens (including phenoxy) is 4. The van der Waals surface area contributed by atoms with Gasteiger partial charge in [0, 0.05) is 26.0 Å². The molecule has 0 aromatic rings. The van der Waals surface area contributed by atoms with Gasteiger partial charge in [0.1, 0.15) is 24.9 Å². The van der Waals surface area contributed by atoms with E-state index in [0.717, 1.165) is 77.0 Å². The van der Waals surface area contributed by atoms with E-state index < -0.39 is 63.2 Å². The molecule has 1 heterocycles. The lowest BCUT2D eigenvalue weighted by Crippen LogP contribution is -2.57. The fourth-order valence-corrected chi connectivity index (χ4v) is 7.62. The van der Waals surface area contributed by atoms with Crippen molar-refractivity contribution in [1.82, 2.24) is 5.32 Å². The summed E-state index contributed by atoms with van der Waals surface area (Å²) < 4.78 is 44.9. The van der Waals surface area contributed by atoms with E-state index in [9.17, 15) is 34.4 Å². The maximum atomic E-state index is 12.8. The van der Waals surface area contributed by atoms with Gasteiger partial charge in [0.05, 0.1) is 19.3 Å². The Bertz CT molecular complexity index is 1190. The van der Waals surface area contributed by atoms with Crippen molar-refractivity contribution in [2.75, 3.05) is 39.5 Å². The number of hydrogen-bond donors (Lipinski definition) is 5. The third kappa shape index (κ3) is 32.9. The molecular weight excluding hydrogens is 817 g/mol. The van der Waals surface area contributed by atoms with Crippen LogP contribution in [0, 0.1) is 0 Å². The number of hydrogen-bond acceptors (Lipinski definition) is 13. The second-order valence-electron chi connectivity index (χ2n) is 16.7. The van der Waals surface area contributed by atoms with Crippen molar-refractivity contribution in [3.05, 3.63) is 24.3 Å². The van der Waals surface area contributed by atoms with E-state index in [-0.39, 0.29) is 39.2 Å². The van der Waals surface area contributed by atoms with Gasteiger partial charge in [-0.3, -0.25) is 18.6 Å². The standard InChI is InChI=1S/C47H88NO13P/c1-4-6-8-10-12-14-16-18-20-22-24-26-28-32-42(49)57-38-41(61-43(50)33-29-27-25-23-21-19-17-15-13-11-9-7-5-2)39-59-62(54,55)58-37-35-48-34-30-31-36-56-47-46(53)45(52)44(51)40(3)60-47/h14-17,40-41,44-48,51-53H,4-13,18-39H2,1-3H3,(H,54,55)/t40?,41-,44+,45+,46?,47-/m1/s1. The maximum absolute atomic E-state index is 12.8. The fraction of sp³-hybridized carbons (Fsp3) is 0.872. The molecule has 3 unspecified atom stereocenters. The number of phosphoric acid groups is 1. The molecule has 14 nitrogen and oxygen atoms in total. The van der Waals surface area contributed by atoms with Crippen molar-refractivity contribution < 1.29 is 62.4 Å². The molecule has 364 valence electrons. The Balaban J connectivity index is 2.39. The number of unbranched alkanes of at least 4 members (excludes halogenated alkanes) is 19. The van der Waals surface area contributed by atoms with Crippen LogP contribution in [0.25, 0.3) is 0 Å². The number of aliphatic hydroxyl groups is 3. The molecule has 0 spiro atoms. The van der Waals surface area contributed by atoms with Gasteiger partial charge >= 0.3 is 19.8 Å². The van der Waals surface area contributed by atoms with Crippen LogP contribution in [0.2, 0.25) is 0 Å². The highest BCUT2D eigenvalue weighted by molar-refractivity contribution is 7.47. The zero-order valence-electron chi connectivity index (χ0n) is 38.8. The predicted octanol–water partition coefficient (Wildman–Crippen LogP) is 9.30. The molecule has 15 heteroatoms. The zero-order chi connectivity index (χ0) is 45.5. The Labute approximate surface area is 374 Å². The van der Waals surface area contributed by atoms with Crippen LogP contribution in [0.4, 0.5) is 0 Å². The minimum atomic E-state index is -4.51. The molecule has 0 aromatic heterocycles. The molecule has 1 saturated heterocycles. The Hall–Kier alpha value is -1.71. The molecule has 1 fully saturated rings. The van der Waals surface area contributed by atoms with Gasteiger partial charge < -0.3 is 44.5 Å². The molecule has 1 aliphatic rings. The van der Waals surface area contributed by atoms with E-state index in [1.807, 2.05) is 0 Å². The SMILES string of the molecule is CCCCCCC=CCCCCCCCC(=O)OC[C@H](COP(=O)(O)OCCNCCCCO[C@@H]1OC(C)[C@H](O)[C@H](O)C1O)OC(=O)CCCCCCCC=CCCCCCC. The van der Waals surface area contributed by atoms with Gasteiger partial charge in [0.2, 0.25) is 0 Å². The quantitative estimate of drug-likeness (QED) is 0.0168. The lowest BCUT2D eigenvalue weighted by atomic mass is 10.0. The van der Waals surface area contributed by atoms with E-state index in [0.29, 0.717) is 32.2 Å². The number of allylic oxidation sites excluding steroid dienone is 4.